The Morgan fingerprint density at radius 2 is 1.88 bits per heavy atom. The molecular weight excluding hydrogens is 208 g/mol. The van der Waals surface area contributed by atoms with Gasteiger partial charge in [0.15, 0.2) is 0 Å². The fourth-order valence-electron chi connectivity index (χ4n) is 3.08. The van der Waals surface area contributed by atoms with Gasteiger partial charge in [-0.25, -0.2) is 0 Å². The van der Waals surface area contributed by atoms with E-state index in [0.717, 1.165) is 18.5 Å². The summed E-state index contributed by atoms with van der Waals surface area (Å²) in [5.41, 5.74) is 0. The maximum atomic E-state index is 3.68. The fourth-order valence-corrected chi connectivity index (χ4v) is 3.08. The highest BCUT2D eigenvalue weighted by Gasteiger charge is 2.24. The molecule has 2 nitrogen and oxygen atoms in total. The summed E-state index contributed by atoms with van der Waals surface area (Å²) in [6.07, 6.45) is 9.76. The van der Waals surface area contributed by atoms with Crippen molar-refractivity contribution in [1.82, 2.24) is 10.2 Å². The minimum atomic E-state index is 0.780. The first-order valence-corrected chi connectivity index (χ1v) is 7.69. The van der Waals surface area contributed by atoms with Crippen molar-refractivity contribution in [3.05, 3.63) is 0 Å². The summed E-state index contributed by atoms with van der Waals surface area (Å²) >= 11 is 0. The topological polar surface area (TPSA) is 15.3 Å². The van der Waals surface area contributed by atoms with Crippen LogP contribution >= 0.6 is 0 Å². The van der Waals surface area contributed by atoms with Crippen LogP contribution in [0.2, 0.25) is 0 Å². The van der Waals surface area contributed by atoms with Crippen LogP contribution in [0.25, 0.3) is 0 Å². The molecule has 102 valence electrons. The standard InChI is InChI=1S/C15H32N2/c1-4-6-9-12-17(3)13-14-10-7-8-11-15(14)16-5-2/h14-16H,4-13H2,1-3H3. The van der Waals surface area contributed by atoms with E-state index in [1.165, 1.54) is 58.0 Å². The minimum absolute atomic E-state index is 0.780. The Bertz CT molecular complexity index is 180. The first kappa shape index (κ1) is 15.0. The second kappa shape index (κ2) is 8.93. The van der Waals surface area contributed by atoms with E-state index in [1.54, 1.807) is 0 Å². The summed E-state index contributed by atoms with van der Waals surface area (Å²) in [7, 11) is 2.30. The van der Waals surface area contributed by atoms with Gasteiger partial charge in [-0.15, -0.1) is 0 Å². The van der Waals surface area contributed by atoms with Crippen LogP contribution in [0.1, 0.15) is 58.8 Å². The highest BCUT2D eigenvalue weighted by atomic mass is 15.1. The molecular formula is C15H32N2. The highest BCUT2D eigenvalue weighted by Crippen LogP contribution is 2.25. The smallest absolute Gasteiger partial charge is 0.0107 e. The zero-order chi connectivity index (χ0) is 12.5. The molecule has 1 aliphatic rings. The Hall–Kier alpha value is -0.0800. The average Bonchev–Trinajstić information content (AvgIpc) is 2.32. The van der Waals surface area contributed by atoms with Crippen LogP contribution in [0.3, 0.4) is 0 Å². The van der Waals surface area contributed by atoms with Crippen LogP contribution in [-0.4, -0.2) is 37.6 Å². The Morgan fingerprint density at radius 3 is 2.59 bits per heavy atom. The molecule has 0 aromatic heterocycles. The first-order valence-electron chi connectivity index (χ1n) is 7.69. The number of hydrogen-bond donors (Lipinski definition) is 1. The molecule has 0 spiro atoms. The number of nitrogens with zero attached hydrogens (tertiary/aromatic N) is 1. The first-order chi connectivity index (χ1) is 8.27. The van der Waals surface area contributed by atoms with E-state index in [2.05, 4.69) is 31.1 Å². The van der Waals surface area contributed by atoms with E-state index in [-0.39, 0.29) is 0 Å². The largest absolute Gasteiger partial charge is 0.314 e. The Kier molecular flexibility index (Phi) is 7.87. The molecule has 0 aliphatic heterocycles. The van der Waals surface area contributed by atoms with E-state index in [0.29, 0.717) is 0 Å². The molecule has 1 fully saturated rings. The highest BCUT2D eigenvalue weighted by molar-refractivity contribution is 4.82. The van der Waals surface area contributed by atoms with E-state index in [9.17, 15) is 0 Å². The van der Waals surface area contributed by atoms with Gasteiger partial charge in [-0.1, -0.05) is 39.5 Å². The average molecular weight is 240 g/mol. The van der Waals surface area contributed by atoms with Crippen molar-refractivity contribution in [2.45, 2.75) is 64.8 Å². The fraction of sp³-hybridized carbons (Fsp3) is 1.00. The summed E-state index contributed by atoms with van der Waals surface area (Å²) in [6.45, 7) is 8.21. The van der Waals surface area contributed by atoms with Crippen molar-refractivity contribution in [3.8, 4) is 0 Å². The van der Waals surface area contributed by atoms with Crippen molar-refractivity contribution in [2.24, 2.45) is 5.92 Å². The lowest BCUT2D eigenvalue weighted by atomic mass is 9.84. The van der Waals surface area contributed by atoms with Gasteiger partial charge in [-0.2, -0.15) is 0 Å². The molecule has 0 aromatic carbocycles. The van der Waals surface area contributed by atoms with Gasteiger partial charge in [-0.05, 0) is 45.3 Å². The third kappa shape index (κ3) is 5.87. The summed E-state index contributed by atoms with van der Waals surface area (Å²) in [5.74, 6) is 0.885. The van der Waals surface area contributed by atoms with Crippen LogP contribution < -0.4 is 5.32 Å². The molecule has 0 radical (unpaired) electrons. The van der Waals surface area contributed by atoms with Gasteiger partial charge in [0.2, 0.25) is 0 Å². The predicted molar refractivity (Wildman–Crippen MR) is 76.4 cm³/mol. The number of unbranched alkanes of at least 4 members (excludes halogenated alkanes) is 2. The van der Waals surface area contributed by atoms with Gasteiger partial charge in [0.1, 0.15) is 0 Å². The summed E-state index contributed by atoms with van der Waals surface area (Å²) < 4.78 is 0. The molecule has 0 saturated heterocycles. The molecule has 2 unspecified atom stereocenters. The second-order valence-electron chi connectivity index (χ2n) is 5.68. The molecule has 1 saturated carbocycles. The summed E-state index contributed by atoms with van der Waals surface area (Å²) in [4.78, 5) is 2.55. The van der Waals surface area contributed by atoms with Gasteiger partial charge in [0.25, 0.3) is 0 Å². The van der Waals surface area contributed by atoms with Crippen molar-refractivity contribution >= 4 is 0 Å². The maximum absolute atomic E-state index is 3.68. The zero-order valence-corrected chi connectivity index (χ0v) is 12.2. The third-order valence-electron chi connectivity index (χ3n) is 4.06. The summed E-state index contributed by atoms with van der Waals surface area (Å²) in [6, 6.07) is 0.780. The molecule has 0 aromatic rings. The SMILES string of the molecule is CCCCCN(C)CC1CCCCC1NCC. The molecule has 0 amide bonds. The lowest BCUT2D eigenvalue weighted by Crippen LogP contribution is -2.43. The predicted octanol–water partition coefficient (Wildman–Crippen LogP) is 3.28. The van der Waals surface area contributed by atoms with Gasteiger partial charge in [-0.3, -0.25) is 0 Å². The molecule has 0 heterocycles. The van der Waals surface area contributed by atoms with E-state index in [4.69, 9.17) is 0 Å². The van der Waals surface area contributed by atoms with Gasteiger partial charge < -0.3 is 10.2 Å². The molecule has 2 atom stereocenters. The normalized spacial score (nSPS) is 25.4. The van der Waals surface area contributed by atoms with Crippen molar-refractivity contribution in [3.63, 3.8) is 0 Å². The second-order valence-corrected chi connectivity index (χ2v) is 5.68. The number of rotatable bonds is 8. The number of hydrogen-bond acceptors (Lipinski definition) is 2. The third-order valence-corrected chi connectivity index (χ3v) is 4.06. The van der Waals surface area contributed by atoms with Crippen molar-refractivity contribution in [1.29, 1.82) is 0 Å². The molecule has 1 aliphatic carbocycles. The van der Waals surface area contributed by atoms with Gasteiger partial charge in [0, 0.05) is 12.6 Å². The molecule has 1 rings (SSSR count). The van der Waals surface area contributed by atoms with Crippen molar-refractivity contribution in [2.75, 3.05) is 26.7 Å². The van der Waals surface area contributed by atoms with Crippen LogP contribution in [0.15, 0.2) is 0 Å². The van der Waals surface area contributed by atoms with Gasteiger partial charge >= 0.3 is 0 Å². The summed E-state index contributed by atoms with van der Waals surface area (Å²) in [5, 5.41) is 3.68. The molecule has 1 N–H and O–H groups in total. The van der Waals surface area contributed by atoms with Crippen LogP contribution in [0.5, 0.6) is 0 Å². The Morgan fingerprint density at radius 1 is 1.12 bits per heavy atom. The Labute approximate surface area is 108 Å². The van der Waals surface area contributed by atoms with Crippen molar-refractivity contribution < 1.29 is 0 Å². The van der Waals surface area contributed by atoms with E-state index < -0.39 is 0 Å². The lowest BCUT2D eigenvalue weighted by molar-refractivity contribution is 0.189. The number of nitrogens with one attached hydrogen (secondary N) is 1. The quantitative estimate of drug-likeness (QED) is 0.655. The van der Waals surface area contributed by atoms with Crippen LogP contribution in [0.4, 0.5) is 0 Å². The Balaban J connectivity index is 2.25. The maximum Gasteiger partial charge on any atom is 0.0107 e. The van der Waals surface area contributed by atoms with E-state index >= 15 is 0 Å². The van der Waals surface area contributed by atoms with Gasteiger partial charge in [0.05, 0.1) is 0 Å². The van der Waals surface area contributed by atoms with Crippen LogP contribution in [-0.2, 0) is 0 Å². The monoisotopic (exact) mass is 240 g/mol. The molecule has 0 bridgehead atoms. The molecule has 2 heteroatoms. The van der Waals surface area contributed by atoms with E-state index in [1.807, 2.05) is 0 Å². The molecule has 17 heavy (non-hydrogen) atoms. The minimum Gasteiger partial charge on any atom is -0.314 e. The lowest BCUT2D eigenvalue weighted by Gasteiger charge is -2.34. The van der Waals surface area contributed by atoms with Crippen LogP contribution in [0, 0.1) is 5.92 Å². The zero-order valence-electron chi connectivity index (χ0n) is 12.2.